The molecule has 144 valence electrons. The Morgan fingerprint density at radius 1 is 1.16 bits per heavy atom. The van der Waals surface area contributed by atoms with E-state index in [1.807, 2.05) is 6.92 Å². The monoisotopic (exact) mass is 360 g/mol. The number of carbonyl (C=O) groups is 4. The van der Waals surface area contributed by atoms with Gasteiger partial charge in [0.2, 0.25) is 17.7 Å². The second kappa shape index (κ2) is 11.5. The number of nitrogens with two attached hydrogens (primary N) is 1. The number of rotatable bonds is 11. The summed E-state index contributed by atoms with van der Waals surface area (Å²) in [6.07, 6.45) is -0.186. The van der Waals surface area contributed by atoms with Crippen LogP contribution in [0.4, 0.5) is 0 Å². The fraction of sp³-hybridized carbons (Fsp3) is 0.733. The van der Waals surface area contributed by atoms with Gasteiger partial charge in [-0.15, -0.1) is 0 Å². The molecule has 0 saturated carbocycles. The topological polar surface area (TPSA) is 171 Å². The minimum Gasteiger partial charge on any atom is -0.394 e. The van der Waals surface area contributed by atoms with Gasteiger partial charge in [-0.25, -0.2) is 0 Å². The SMILES string of the molecule is CC[C@H](C)[C@H](N)C(=O)N[C@H](C(=O)NCC(=O)N[C@H](C=O)CO)[C@H](C)O. The third-order valence-corrected chi connectivity index (χ3v) is 3.75. The molecule has 0 spiro atoms. The molecule has 0 fully saturated rings. The van der Waals surface area contributed by atoms with E-state index in [0.717, 1.165) is 0 Å². The third kappa shape index (κ3) is 8.05. The van der Waals surface area contributed by atoms with Gasteiger partial charge in [-0.2, -0.15) is 0 Å². The fourth-order valence-corrected chi connectivity index (χ4v) is 1.82. The van der Waals surface area contributed by atoms with E-state index in [2.05, 4.69) is 16.0 Å². The summed E-state index contributed by atoms with van der Waals surface area (Å²) in [7, 11) is 0. The second-order valence-corrected chi connectivity index (χ2v) is 5.85. The van der Waals surface area contributed by atoms with Crippen molar-refractivity contribution in [1.82, 2.24) is 16.0 Å². The van der Waals surface area contributed by atoms with Crippen LogP contribution in [0.5, 0.6) is 0 Å². The van der Waals surface area contributed by atoms with E-state index in [1.54, 1.807) is 6.92 Å². The molecule has 0 aliphatic carbocycles. The van der Waals surface area contributed by atoms with Gasteiger partial charge in [0.15, 0.2) is 0 Å². The average molecular weight is 360 g/mol. The van der Waals surface area contributed by atoms with Crippen molar-refractivity contribution >= 4 is 24.0 Å². The van der Waals surface area contributed by atoms with Crippen molar-refractivity contribution in [2.75, 3.05) is 13.2 Å². The van der Waals surface area contributed by atoms with E-state index in [-0.39, 0.29) is 5.92 Å². The van der Waals surface area contributed by atoms with Crippen LogP contribution in [0.15, 0.2) is 0 Å². The van der Waals surface area contributed by atoms with Gasteiger partial charge in [0.1, 0.15) is 18.4 Å². The number of aldehydes is 1. The van der Waals surface area contributed by atoms with Gasteiger partial charge < -0.3 is 36.7 Å². The summed E-state index contributed by atoms with van der Waals surface area (Å²) < 4.78 is 0. The maximum absolute atomic E-state index is 12.1. The highest BCUT2D eigenvalue weighted by Crippen LogP contribution is 2.06. The van der Waals surface area contributed by atoms with Crippen molar-refractivity contribution in [3.8, 4) is 0 Å². The summed E-state index contributed by atoms with van der Waals surface area (Å²) in [5.74, 6) is -2.17. The lowest BCUT2D eigenvalue weighted by Gasteiger charge is -2.24. The van der Waals surface area contributed by atoms with Gasteiger partial charge in [0.05, 0.1) is 25.3 Å². The zero-order valence-corrected chi connectivity index (χ0v) is 14.7. The maximum Gasteiger partial charge on any atom is 0.245 e. The largest absolute Gasteiger partial charge is 0.394 e. The first kappa shape index (κ1) is 23.0. The molecule has 0 radical (unpaired) electrons. The molecule has 0 aliphatic heterocycles. The van der Waals surface area contributed by atoms with Crippen molar-refractivity contribution in [3.05, 3.63) is 0 Å². The van der Waals surface area contributed by atoms with Gasteiger partial charge >= 0.3 is 0 Å². The fourth-order valence-electron chi connectivity index (χ4n) is 1.82. The Labute approximate surface area is 146 Å². The third-order valence-electron chi connectivity index (χ3n) is 3.75. The highest BCUT2D eigenvalue weighted by molar-refractivity contribution is 5.92. The molecule has 10 heteroatoms. The summed E-state index contributed by atoms with van der Waals surface area (Å²) in [4.78, 5) is 46.2. The van der Waals surface area contributed by atoms with E-state index < -0.39 is 55.1 Å². The van der Waals surface area contributed by atoms with Crippen molar-refractivity contribution in [2.24, 2.45) is 11.7 Å². The van der Waals surface area contributed by atoms with Gasteiger partial charge in [-0.3, -0.25) is 14.4 Å². The van der Waals surface area contributed by atoms with E-state index in [9.17, 15) is 24.3 Å². The van der Waals surface area contributed by atoms with Crippen LogP contribution < -0.4 is 21.7 Å². The number of hydrogen-bond donors (Lipinski definition) is 6. The molecule has 5 atom stereocenters. The van der Waals surface area contributed by atoms with Crippen molar-refractivity contribution in [2.45, 2.75) is 51.4 Å². The number of aliphatic hydroxyl groups excluding tert-OH is 2. The number of carbonyl (C=O) groups excluding carboxylic acids is 4. The zero-order chi connectivity index (χ0) is 19.6. The number of aliphatic hydroxyl groups is 2. The van der Waals surface area contributed by atoms with Crippen molar-refractivity contribution in [3.63, 3.8) is 0 Å². The van der Waals surface area contributed by atoms with E-state index in [0.29, 0.717) is 12.7 Å². The molecular formula is C15H28N4O6. The predicted octanol–water partition coefficient (Wildman–Crippen LogP) is -2.98. The van der Waals surface area contributed by atoms with Crippen LogP contribution in [-0.2, 0) is 19.2 Å². The molecule has 0 saturated heterocycles. The molecule has 0 bridgehead atoms. The maximum atomic E-state index is 12.1. The smallest absolute Gasteiger partial charge is 0.245 e. The first-order valence-corrected chi connectivity index (χ1v) is 8.05. The normalized spacial score (nSPS) is 16.7. The van der Waals surface area contributed by atoms with Gasteiger partial charge in [0, 0.05) is 0 Å². The Morgan fingerprint density at radius 2 is 1.76 bits per heavy atom. The summed E-state index contributed by atoms with van der Waals surface area (Å²) in [5, 5.41) is 25.3. The quantitative estimate of drug-likeness (QED) is 0.213. The molecule has 0 unspecified atom stereocenters. The van der Waals surface area contributed by atoms with E-state index in [4.69, 9.17) is 10.8 Å². The Hall–Kier alpha value is -2.04. The Balaban J connectivity index is 4.67. The standard InChI is InChI=1S/C15H28N4O6/c1-4-8(2)12(16)14(24)19-13(9(3)22)15(25)17-5-11(23)18-10(6-20)7-21/h6,8-10,12-13,21-22H,4-5,7,16H2,1-3H3,(H,17,25)(H,18,23)(H,19,24)/t8-,9-,10+,12-,13-/m0/s1. The lowest BCUT2D eigenvalue weighted by atomic mass is 9.99. The summed E-state index contributed by atoms with van der Waals surface area (Å²) >= 11 is 0. The molecule has 0 aromatic carbocycles. The first-order valence-electron chi connectivity index (χ1n) is 8.05. The number of nitrogens with one attached hydrogen (secondary N) is 3. The van der Waals surface area contributed by atoms with Crippen LogP contribution in [0, 0.1) is 5.92 Å². The van der Waals surface area contributed by atoms with Crippen LogP contribution in [0.1, 0.15) is 27.2 Å². The van der Waals surface area contributed by atoms with E-state index in [1.165, 1.54) is 6.92 Å². The first-order chi connectivity index (χ1) is 11.7. The summed E-state index contributed by atoms with van der Waals surface area (Å²) in [6, 6.07) is -3.18. The van der Waals surface area contributed by atoms with Gasteiger partial charge in [0.25, 0.3) is 0 Å². The van der Waals surface area contributed by atoms with Gasteiger partial charge in [-0.05, 0) is 12.8 Å². The summed E-state index contributed by atoms with van der Waals surface area (Å²) in [5.41, 5.74) is 5.78. The molecule has 0 heterocycles. The molecule has 25 heavy (non-hydrogen) atoms. The lowest BCUT2D eigenvalue weighted by molar-refractivity contribution is -0.133. The van der Waals surface area contributed by atoms with E-state index >= 15 is 0 Å². The van der Waals surface area contributed by atoms with Gasteiger partial charge in [-0.1, -0.05) is 20.3 Å². The molecule has 10 nitrogen and oxygen atoms in total. The van der Waals surface area contributed by atoms with Crippen LogP contribution in [0.3, 0.4) is 0 Å². The lowest BCUT2D eigenvalue weighted by Crippen LogP contribution is -2.57. The molecule has 0 aromatic heterocycles. The number of hydrogen-bond acceptors (Lipinski definition) is 7. The Morgan fingerprint density at radius 3 is 2.20 bits per heavy atom. The number of amides is 3. The highest BCUT2D eigenvalue weighted by atomic mass is 16.3. The van der Waals surface area contributed by atoms with Crippen molar-refractivity contribution < 1.29 is 29.4 Å². The zero-order valence-electron chi connectivity index (χ0n) is 14.7. The molecular weight excluding hydrogens is 332 g/mol. The van der Waals surface area contributed by atoms with Crippen molar-refractivity contribution in [1.29, 1.82) is 0 Å². The van der Waals surface area contributed by atoms with Crippen LogP contribution in [-0.4, -0.2) is 71.6 Å². The van der Waals surface area contributed by atoms with Crippen LogP contribution in [0.2, 0.25) is 0 Å². The Kier molecular flexibility index (Phi) is 10.6. The molecule has 3 amide bonds. The van der Waals surface area contributed by atoms with Crippen LogP contribution in [0.25, 0.3) is 0 Å². The molecule has 0 rings (SSSR count). The average Bonchev–Trinajstić information content (AvgIpc) is 2.59. The Bertz CT molecular complexity index is 471. The minimum atomic E-state index is -1.28. The second-order valence-electron chi connectivity index (χ2n) is 5.85. The highest BCUT2D eigenvalue weighted by Gasteiger charge is 2.29. The molecule has 0 aromatic rings. The predicted molar refractivity (Wildman–Crippen MR) is 89.1 cm³/mol. The molecule has 0 aliphatic rings. The molecule has 7 N–H and O–H groups in total. The minimum absolute atomic E-state index is 0.109. The summed E-state index contributed by atoms with van der Waals surface area (Å²) in [6.45, 7) is 3.92. The van der Waals surface area contributed by atoms with Crippen LogP contribution >= 0.6 is 0 Å².